The van der Waals surface area contributed by atoms with Crippen molar-refractivity contribution in [3.63, 3.8) is 0 Å². The van der Waals surface area contributed by atoms with E-state index in [1.165, 1.54) is 19.2 Å². The van der Waals surface area contributed by atoms with E-state index < -0.39 is 27.6 Å². The van der Waals surface area contributed by atoms with Crippen molar-refractivity contribution < 1.29 is 22.1 Å². The molecule has 0 bridgehead atoms. The second-order valence-electron chi connectivity index (χ2n) is 7.52. The van der Waals surface area contributed by atoms with Crippen LogP contribution in [-0.4, -0.2) is 27.6 Å². The van der Waals surface area contributed by atoms with Gasteiger partial charge in [0.05, 0.1) is 18.1 Å². The number of aryl methyl sites for hydroxylation is 1. The molecule has 2 saturated carbocycles. The molecule has 0 unspecified atom stereocenters. The van der Waals surface area contributed by atoms with Crippen molar-refractivity contribution in [2.24, 2.45) is 17.3 Å². The van der Waals surface area contributed by atoms with Gasteiger partial charge < -0.3 is 4.74 Å². The van der Waals surface area contributed by atoms with Crippen LogP contribution in [0.5, 0.6) is 0 Å². The molecule has 1 aromatic rings. The summed E-state index contributed by atoms with van der Waals surface area (Å²) in [5.74, 6) is -0.148. The first kappa shape index (κ1) is 19.1. The second-order valence-corrected chi connectivity index (χ2v) is 9.09. The Kier molecular flexibility index (Phi) is 5.01. The topological polar surface area (TPSA) is 69.7 Å². The Bertz CT molecular complexity index is 811. The molecule has 0 heterocycles. The molecule has 26 heavy (non-hydrogen) atoms. The third kappa shape index (κ3) is 2.89. The summed E-state index contributed by atoms with van der Waals surface area (Å²) in [6, 6.07) is 6.52. The zero-order valence-electron chi connectivity index (χ0n) is 15.5. The number of carbonyl (C=O) groups excluding carboxylic acids is 1. The number of benzene rings is 1. The fourth-order valence-electron chi connectivity index (χ4n) is 4.70. The van der Waals surface area contributed by atoms with Gasteiger partial charge in [-0.15, -0.1) is 0 Å². The maximum Gasteiger partial charge on any atom is 0.318 e. The minimum Gasteiger partial charge on any atom is -0.468 e. The van der Waals surface area contributed by atoms with Gasteiger partial charge >= 0.3 is 5.97 Å². The van der Waals surface area contributed by atoms with Gasteiger partial charge in [-0.25, -0.2) is 0 Å². The van der Waals surface area contributed by atoms with Crippen LogP contribution in [0, 0.1) is 24.2 Å². The Hall–Kier alpha value is -1.66. The molecule has 5 nitrogen and oxygen atoms in total. The largest absolute Gasteiger partial charge is 0.468 e. The number of rotatable bonds is 4. The summed E-state index contributed by atoms with van der Waals surface area (Å²) in [7, 11) is -2.65. The van der Waals surface area contributed by atoms with Crippen LogP contribution in [-0.2, 0) is 23.8 Å². The van der Waals surface area contributed by atoms with E-state index in [0.717, 1.165) is 24.0 Å². The van der Waals surface area contributed by atoms with Crippen LogP contribution < -0.4 is 0 Å². The Morgan fingerprint density at radius 1 is 1.19 bits per heavy atom. The third-order valence-corrected chi connectivity index (χ3v) is 7.42. The molecule has 2 aliphatic carbocycles. The summed E-state index contributed by atoms with van der Waals surface area (Å²) >= 11 is 0. The number of hydrogen-bond acceptors (Lipinski definition) is 5. The monoisotopic (exact) mass is 378 g/mol. The molecule has 1 aromatic carbocycles. The van der Waals surface area contributed by atoms with Gasteiger partial charge in [0.2, 0.25) is 0 Å². The van der Waals surface area contributed by atoms with E-state index in [4.69, 9.17) is 8.92 Å². The molecule has 0 radical (unpaired) electrons. The normalized spacial score (nSPS) is 31.5. The van der Waals surface area contributed by atoms with Crippen LogP contribution in [0.25, 0.3) is 0 Å². The van der Waals surface area contributed by atoms with E-state index in [0.29, 0.717) is 12.8 Å². The lowest BCUT2D eigenvalue weighted by Gasteiger charge is -2.46. The van der Waals surface area contributed by atoms with Crippen molar-refractivity contribution >= 4 is 16.1 Å². The van der Waals surface area contributed by atoms with E-state index in [1.54, 1.807) is 12.1 Å². The summed E-state index contributed by atoms with van der Waals surface area (Å²) in [6.07, 6.45) is 2.01. The van der Waals surface area contributed by atoms with Crippen LogP contribution in [0.4, 0.5) is 0 Å². The lowest BCUT2D eigenvalue weighted by atomic mass is 9.61. The zero-order chi connectivity index (χ0) is 19.1. The number of hydrogen-bond donors (Lipinski definition) is 0. The molecule has 4 atom stereocenters. The number of ether oxygens (including phenoxy) is 1. The summed E-state index contributed by atoms with van der Waals surface area (Å²) in [5, 5.41) is 0. The van der Waals surface area contributed by atoms with E-state index >= 15 is 0 Å². The third-order valence-electron chi connectivity index (χ3n) is 6.08. The van der Waals surface area contributed by atoms with Gasteiger partial charge in [0.15, 0.2) is 0 Å². The average Bonchev–Trinajstić information content (AvgIpc) is 2.96. The lowest BCUT2D eigenvalue weighted by Crippen LogP contribution is -2.53. The quantitative estimate of drug-likeness (QED) is 0.455. The van der Waals surface area contributed by atoms with Crippen LogP contribution in [0.1, 0.15) is 38.2 Å². The molecule has 0 amide bonds. The first-order chi connectivity index (χ1) is 12.2. The smallest absolute Gasteiger partial charge is 0.318 e. The van der Waals surface area contributed by atoms with Crippen LogP contribution in [0.15, 0.2) is 41.3 Å². The average molecular weight is 378 g/mol. The van der Waals surface area contributed by atoms with E-state index in [-0.39, 0.29) is 16.7 Å². The molecule has 2 aliphatic rings. The summed E-state index contributed by atoms with van der Waals surface area (Å²) in [4.78, 5) is 12.9. The second kappa shape index (κ2) is 6.82. The van der Waals surface area contributed by atoms with Crippen molar-refractivity contribution in [3.8, 4) is 0 Å². The molecule has 0 aromatic heterocycles. The highest BCUT2D eigenvalue weighted by Crippen LogP contribution is 2.58. The first-order valence-corrected chi connectivity index (χ1v) is 10.4. The highest BCUT2D eigenvalue weighted by atomic mass is 32.2. The van der Waals surface area contributed by atoms with Crippen molar-refractivity contribution in [1.29, 1.82) is 0 Å². The molecule has 6 heteroatoms. The maximum absolute atomic E-state index is 12.8. The van der Waals surface area contributed by atoms with Gasteiger partial charge in [-0.2, -0.15) is 8.42 Å². The van der Waals surface area contributed by atoms with Gasteiger partial charge in [-0.1, -0.05) is 36.8 Å². The molecule has 2 fully saturated rings. The van der Waals surface area contributed by atoms with E-state index in [1.807, 2.05) is 6.92 Å². The van der Waals surface area contributed by atoms with E-state index in [2.05, 4.69) is 13.5 Å². The minimum atomic E-state index is -3.98. The number of methoxy groups -OCH3 is 1. The molecule has 3 rings (SSSR count). The Morgan fingerprint density at radius 3 is 2.46 bits per heavy atom. The Morgan fingerprint density at radius 2 is 1.85 bits per heavy atom. The Balaban J connectivity index is 2.01. The molecule has 0 spiro atoms. The van der Waals surface area contributed by atoms with Crippen LogP contribution >= 0.6 is 0 Å². The van der Waals surface area contributed by atoms with Crippen molar-refractivity contribution in [1.82, 2.24) is 0 Å². The van der Waals surface area contributed by atoms with Crippen molar-refractivity contribution in [2.75, 3.05) is 7.11 Å². The fraction of sp³-hybridized carbons (Fsp3) is 0.550. The maximum atomic E-state index is 12.8. The van der Waals surface area contributed by atoms with Crippen molar-refractivity contribution in [2.45, 2.75) is 50.5 Å². The first-order valence-electron chi connectivity index (χ1n) is 9.00. The van der Waals surface area contributed by atoms with Gasteiger partial charge in [-0.05, 0) is 56.6 Å². The summed E-state index contributed by atoms with van der Waals surface area (Å²) in [6.45, 7) is 8.09. The number of esters is 1. The SMILES string of the molecule is C=C1CC[C@@H]2[C@@H](C)CC[C@@H](OS(=O)(=O)c3ccc(C)cc3)[C@]12C(=O)OC. The predicted molar refractivity (Wildman–Crippen MR) is 97.9 cm³/mol. The zero-order valence-corrected chi connectivity index (χ0v) is 16.3. The van der Waals surface area contributed by atoms with Gasteiger partial charge in [0, 0.05) is 0 Å². The molecule has 0 N–H and O–H groups in total. The van der Waals surface area contributed by atoms with E-state index in [9.17, 15) is 13.2 Å². The number of carbonyl (C=O) groups is 1. The predicted octanol–water partition coefficient (Wildman–Crippen LogP) is 3.62. The van der Waals surface area contributed by atoms with Gasteiger partial charge in [0.25, 0.3) is 10.1 Å². The molecule has 142 valence electrons. The molecular weight excluding hydrogens is 352 g/mol. The van der Waals surface area contributed by atoms with Crippen LogP contribution in [0.2, 0.25) is 0 Å². The summed E-state index contributed by atoms with van der Waals surface area (Å²) in [5.41, 5.74) is 0.611. The fourth-order valence-corrected chi connectivity index (χ4v) is 5.84. The van der Waals surface area contributed by atoms with Gasteiger partial charge in [-0.3, -0.25) is 8.98 Å². The lowest BCUT2D eigenvalue weighted by molar-refractivity contribution is -0.163. The molecule has 0 saturated heterocycles. The number of fused-ring (bicyclic) bond motifs is 1. The Labute approximate surface area is 155 Å². The summed E-state index contributed by atoms with van der Waals surface area (Å²) < 4.78 is 36.5. The standard InChI is InChI=1S/C20H26O5S/c1-13-5-9-16(10-6-13)26(22,23)25-18-12-7-14(2)17-11-8-15(3)20(17,18)19(21)24-4/h5-6,9-10,14,17-18H,3,7-8,11-12H2,1-2,4H3/t14-,17+,18+,20-/m0/s1. The molecule has 0 aliphatic heterocycles. The highest BCUT2D eigenvalue weighted by Gasteiger charge is 2.62. The highest BCUT2D eigenvalue weighted by molar-refractivity contribution is 7.86. The minimum absolute atomic E-state index is 0.00517. The van der Waals surface area contributed by atoms with Gasteiger partial charge in [0.1, 0.15) is 5.41 Å². The van der Waals surface area contributed by atoms with Crippen LogP contribution in [0.3, 0.4) is 0 Å². The molecular formula is C20H26O5S. The van der Waals surface area contributed by atoms with Crippen molar-refractivity contribution in [3.05, 3.63) is 42.0 Å².